The molecule has 0 unspecified atom stereocenters. The van der Waals surface area contributed by atoms with Gasteiger partial charge in [0.05, 0.1) is 14.2 Å². The zero-order valence-electron chi connectivity index (χ0n) is 10.2. The van der Waals surface area contributed by atoms with Gasteiger partial charge in [0.1, 0.15) is 0 Å². The maximum Gasteiger partial charge on any atom is 0.381 e. The van der Waals surface area contributed by atoms with Crippen LogP contribution in [0.4, 0.5) is 0 Å². The number of carbonyl (C=O) groups is 2. The van der Waals surface area contributed by atoms with Crippen LogP contribution < -0.4 is 0 Å². The average molecular weight is 284 g/mol. The lowest BCUT2D eigenvalue weighted by molar-refractivity contribution is -0.252. The van der Waals surface area contributed by atoms with Crippen LogP contribution in [0.2, 0.25) is 0 Å². The van der Waals surface area contributed by atoms with E-state index in [1.165, 1.54) is 0 Å². The molecule has 0 aromatic rings. The van der Waals surface area contributed by atoms with E-state index in [4.69, 9.17) is 0 Å². The summed E-state index contributed by atoms with van der Waals surface area (Å²) in [6.07, 6.45) is 0.554. The normalized spacial score (nSPS) is 12.1. The molecule has 0 fully saturated rings. The second kappa shape index (κ2) is 7.96. The van der Waals surface area contributed by atoms with E-state index < -0.39 is 24.8 Å². The minimum atomic E-state index is -4.00. The Bertz CT molecular complexity index is 367. The molecular weight excluding hydrogens is 271 g/mol. The largest absolute Gasteiger partial charge is 0.381 e. The highest BCUT2D eigenvalue weighted by Crippen LogP contribution is 2.55. The van der Waals surface area contributed by atoms with Crippen molar-refractivity contribution in [3.05, 3.63) is 11.4 Å². The number of carbonyl (C=O) groups excluding carboxylic acids is 2. The molecule has 18 heavy (non-hydrogen) atoms. The molecule has 10 heteroatoms. The van der Waals surface area contributed by atoms with E-state index in [0.29, 0.717) is 6.08 Å². The van der Waals surface area contributed by atoms with Gasteiger partial charge in [0, 0.05) is 20.3 Å². The third-order valence-electron chi connectivity index (χ3n) is 1.56. The topological polar surface area (TPSA) is 107 Å². The van der Waals surface area contributed by atoms with Crippen molar-refractivity contribution >= 4 is 19.5 Å². The van der Waals surface area contributed by atoms with Crippen LogP contribution in [0.1, 0.15) is 0 Å². The van der Waals surface area contributed by atoms with Crippen LogP contribution >= 0.6 is 7.60 Å². The molecule has 0 heterocycles. The van der Waals surface area contributed by atoms with Crippen molar-refractivity contribution < 1.29 is 42.8 Å². The summed E-state index contributed by atoms with van der Waals surface area (Å²) in [5.41, 5.74) is 0. The second-order valence-electron chi connectivity index (χ2n) is 2.50. The fourth-order valence-electron chi connectivity index (χ4n) is 0.857. The summed E-state index contributed by atoms with van der Waals surface area (Å²) in [6.45, 7) is 0. The lowest BCUT2D eigenvalue weighted by Gasteiger charge is -2.14. The minimum absolute atomic E-state index is 0.554. The smallest absolute Gasteiger partial charge is 0.308 e. The van der Waals surface area contributed by atoms with Gasteiger partial charge in [-0.25, -0.2) is 9.59 Å². The van der Waals surface area contributed by atoms with Gasteiger partial charge in [0.2, 0.25) is 0 Å². The molecule has 9 nitrogen and oxygen atoms in total. The van der Waals surface area contributed by atoms with Crippen LogP contribution in [0.15, 0.2) is 11.4 Å². The molecule has 0 spiro atoms. The van der Waals surface area contributed by atoms with Gasteiger partial charge in [-0.05, 0) is 0 Å². The van der Waals surface area contributed by atoms with Gasteiger partial charge in [-0.2, -0.15) is 9.78 Å². The fraction of sp³-hybridized carbons (Fsp3) is 0.500. The van der Waals surface area contributed by atoms with Gasteiger partial charge >= 0.3 is 19.5 Å². The Morgan fingerprint density at radius 2 is 1.44 bits per heavy atom. The van der Waals surface area contributed by atoms with Crippen molar-refractivity contribution in [1.82, 2.24) is 0 Å². The molecule has 0 bridgehead atoms. The number of rotatable bonds is 7. The van der Waals surface area contributed by atoms with Crippen molar-refractivity contribution in [2.24, 2.45) is 0 Å². The summed E-state index contributed by atoms with van der Waals surface area (Å²) in [7, 11) is 0.174. The Hall–Kier alpha value is -1.25. The molecule has 0 radical (unpaired) electrons. The van der Waals surface area contributed by atoms with E-state index in [9.17, 15) is 14.2 Å². The standard InChI is InChI=1S/C8H13O9P/c1-12-16-7(9)5-6(8(10)17-13-2)18(11,14-3)15-4/h5H,1-4H3. The Labute approximate surface area is 103 Å². The molecule has 104 valence electrons. The molecule has 0 rings (SSSR count). The molecule has 0 atom stereocenters. The summed E-state index contributed by atoms with van der Waals surface area (Å²) >= 11 is 0. The average Bonchev–Trinajstić information content (AvgIpc) is 2.35. The first-order valence-electron chi connectivity index (χ1n) is 4.38. The zero-order valence-corrected chi connectivity index (χ0v) is 11.1. The van der Waals surface area contributed by atoms with Crippen LogP contribution in [0.5, 0.6) is 0 Å². The van der Waals surface area contributed by atoms with Gasteiger partial charge in [0.25, 0.3) is 0 Å². The first-order valence-corrected chi connectivity index (χ1v) is 5.92. The summed E-state index contributed by atoms with van der Waals surface area (Å²) in [6, 6.07) is 0. The van der Waals surface area contributed by atoms with Gasteiger partial charge in [0.15, 0.2) is 5.31 Å². The summed E-state index contributed by atoms with van der Waals surface area (Å²) in [5.74, 6) is -2.33. The molecular formula is C8H13O9P. The highest BCUT2D eigenvalue weighted by atomic mass is 31.2. The predicted octanol–water partition coefficient (Wildman–Crippen LogP) is 0.565. The van der Waals surface area contributed by atoms with Gasteiger partial charge < -0.3 is 9.05 Å². The van der Waals surface area contributed by atoms with E-state index in [-0.39, 0.29) is 0 Å². The van der Waals surface area contributed by atoms with E-state index in [1.54, 1.807) is 0 Å². The molecule has 0 aliphatic rings. The van der Waals surface area contributed by atoms with Gasteiger partial charge in [-0.15, -0.1) is 0 Å². The molecule has 0 saturated carbocycles. The Morgan fingerprint density at radius 3 is 1.83 bits per heavy atom. The SMILES string of the molecule is COOC(=O)C=C(C(=O)OOC)P(=O)(OC)OC. The van der Waals surface area contributed by atoms with Crippen molar-refractivity contribution in [2.45, 2.75) is 0 Å². The molecule has 0 aliphatic heterocycles. The number of hydrogen-bond acceptors (Lipinski definition) is 9. The van der Waals surface area contributed by atoms with Gasteiger partial charge in [-0.3, -0.25) is 14.3 Å². The second-order valence-corrected chi connectivity index (χ2v) is 4.71. The first kappa shape index (κ1) is 16.8. The maximum absolute atomic E-state index is 12.0. The van der Waals surface area contributed by atoms with Crippen molar-refractivity contribution in [3.8, 4) is 0 Å². The maximum atomic E-state index is 12.0. The quantitative estimate of drug-likeness (QED) is 0.287. The van der Waals surface area contributed by atoms with Gasteiger partial charge in [-0.1, -0.05) is 0 Å². The summed E-state index contributed by atoms with van der Waals surface area (Å²) in [4.78, 5) is 39.0. The Kier molecular flexibility index (Phi) is 7.41. The fourth-order valence-corrected chi connectivity index (χ4v) is 1.92. The Balaban J connectivity index is 5.36. The van der Waals surface area contributed by atoms with E-state index in [2.05, 4.69) is 28.6 Å². The molecule has 0 aromatic heterocycles. The van der Waals surface area contributed by atoms with Crippen molar-refractivity contribution in [3.63, 3.8) is 0 Å². The lowest BCUT2D eigenvalue weighted by atomic mass is 10.5. The van der Waals surface area contributed by atoms with Crippen molar-refractivity contribution in [1.29, 1.82) is 0 Å². The molecule has 0 amide bonds. The highest BCUT2D eigenvalue weighted by molar-refractivity contribution is 7.59. The molecule has 0 aliphatic carbocycles. The van der Waals surface area contributed by atoms with Crippen LogP contribution in [-0.4, -0.2) is 40.4 Å². The van der Waals surface area contributed by atoms with Crippen LogP contribution in [0, 0.1) is 0 Å². The third-order valence-corrected chi connectivity index (χ3v) is 3.43. The summed E-state index contributed by atoms with van der Waals surface area (Å²) in [5, 5.41) is -0.698. The van der Waals surface area contributed by atoms with E-state index in [0.717, 1.165) is 28.4 Å². The van der Waals surface area contributed by atoms with E-state index in [1.807, 2.05) is 0 Å². The van der Waals surface area contributed by atoms with Crippen molar-refractivity contribution in [2.75, 3.05) is 28.4 Å². The lowest BCUT2D eigenvalue weighted by Crippen LogP contribution is -2.12. The highest BCUT2D eigenvalue weighted by Gasteiger charge is 2.36. The predicted molar refractivity (Wildman–Crippen MR) is 55.9 cm³/mol. The summed E-state index contributed by atoms with van der Waals surface area (Å²) < 4.78 is 21.1. The minimum Gasteiger partial charge on any atom is -0.308 e. The molecule has 0 N–H and O–H groups in total. The number of hydrogen-bond donors (Lipinski definition) is 0. The third kappa shape index (κ3) is 4.55. The zero-order chi connectivity index (χ0) is 14.2. The first-order chi connectivity index (χ1) is 8.45. The van der Waals surface area contributed by atoms with Crippen LogP contribution in [0.25, 0.3) is 0 Å². The van der Waals surface area contributed by atoms with Crippen LogP contribution in [-0.2, 0) is 42.8 Å². The molecule has 0 saturated heterocycles. The monoisotopic (exact) mass is 284 g/mol. The Morgan fingerprint density at radius 1 is 0.944 bits per heavy atom. The molecule has 0 aromatic carbocycles. The van der Waals surface area contributed by atoms with Crippen LogP contribution in [0.3, 0.4) is 0 Å². The van der Waals surface area contributed by atoms with E-state index >= 15 is 0 Å².